The normalized spacial score (nSPS) is 18.2. The minimum Gasteiger partial charge on any atom is -0.493 e. The molecule has 0 bridgehead atoms. The fourth-order valence-corrected chi connectivity index (χ4v) is 3.35. The predicted molar refractivity (Wildman–Crippen MR) is 98.7 cm³/mol. The van der Waals surface area contributed by atoms with Crippen molar-refractivity contribution in [2.24, 2.45) is 0 Å². The number of methoxy groups -OCH3 is 2. The zero-order chi connectivity index (χ0) is 17.9. The summed E-state index contributed by atoms with van der Waals surface area (Å²) >= 11 is 0. The maximum Gasteiger partial charge on any atom is 0.228 e. The highest BCUT2D eigenvalue weighted by molar-refractivity contribution is 5.93. The lowest BCUT2D eigenvalue weighted by Gasteiger charge is -2.31. The van der Waals surface area contributed by atoms with E-state index in [1.165, 1.54) is 0 Å². The largest absolute Gasteiger partial charge is 0.493 e. The van der Waals surface area contributed by atoms with Gasteiger partial charge in [-0.05, 0) is 6.07 Å². The molecule has 0 amide bonds. The Morgan fingerprint density at radius 2 is 1.38 bits per heavy atom. The maximum atomic E-state index is 5.50. The number of hydrogen-bond acceptors (Lipinski definition) is 8. The van der Waals surface area contributed by atoms with E-state index in [1.54, 1.807) is 14.2 Å². The predicted octanol–water partition coefficient (Wildman–Crippen LogP) is 1.32. The molecular weight excluding hydrogens is 336 g/mol. The minimum atomic E-state index is 0.666. The van der Waals surface area contributed by atoms with E-state index in [0.29, 0.717) is 37.9 Å². The van der Waals surface area contributed by atoms with Crippen molar-refractivity contribution in [3.8, 4) is 11.5 Å². The first-order valence-electron chi connectivity index (χ1n) is 8.89. The fraction of sp³-hybridized carbons (Fsp3) is 0.556. The number of morpholine rings is 2. The van der Waals surface area contributed by atoms with Gasteiger partial charge in [-0.3, -0.25) is 0 Å². The molecule has 2 saturated heterocycles. The molecule has 0 aliphatic carbocycles. The van der Waals surface area contributed by atoms with E-state index >= 15 is 0 Å². The van der Waals surface area contributed by atoms with Crippen LogP contribution in [0, 0.1) is 0 Å². The first-order chi connectivity index (χ1) is 12.8. The second-order valence-corrected chi connectivity index (χ2v) is 6.27. The van der Waals surface area contributed by atoms with E-state index in [0.717, 1.165) is 48.8 Å². The van der Waals surface area contributed by atoms with Crippen LogP contribution in [0.5, 0.6) is 11.5 Å². The van der Waals surface area contributed by atoms with Crippen molar-refractivity contribution in [1.82, 2.24) is 9.97 Å². The average Bonchev–Trinajstić information content (AvgIpc) is 2.73. The monoisotopic (exact) mass is 360 g/mol. The zero-order valence-electron chi connectivity index (χ0n) is 15.2. The Kier molecular flexibility index (Phi) is 4.94. The van der Waals surface area contributed by atoms with E-state index < -0.39 is 0 Å². The molecule has 4 rings (SSSR count). The van der Waals surface area contributed by atoms with Crippen LogP contribution in [-0.2, 0) is 9.47 Å². The Morgan fingerprint density at radius 3 is 2.00 bits per heavy atom. The van der Waals surface area contributed by atoms with Gasteiger partial charge in [-0.2, -0.15) is 4.98 Å². The van der Waals surface area contributed by atoms with E-state index in [-0.39, 0.29) is 0 Å². The summed E-state index contributed by atoms with van der Waals surface area (Å²) in [6.07, 6.45) is 0. The van der Waals surface area contributed by atoms with Crippen molar-refractivity contribution in [1.29, 1.82) is 0 Å². The summed E-state index contributed by atoms with van der Waals surface area (Å²) in [7, 11) is 3.28. The van der Waals surface area contributed by atoms with Gasteiger partial charge in [0.1, 0.15) is 5.82 Å². The average molecular weight is 360 g/mol. The molecule has 0 unspecified atom stereocenters. The van der Waals surface area contributed by atoms with Crippen LogP contribution < -0.4 is 19.3 Å². The van der Waals surface area contributed by atoms with Crippen LogP contribution in [0.1, 0.15) is 0 Å². The molecule has 3 heterocycles. The van der Waals surface area contributed by atoms with Gasteiger partial charge in [0.05, 0.1) is 46.2 Å². The molecule has 140 valence electrons. The van der Waals surface area contributed by atoms with Crippen LogP contribution in [0.4, 0.5) is 11.8 Å². The Bertz CT molecular complexity index is 773. The number of nitrogens with zero attached hydrogens (tertiary/aromatic N) is 4. The number of anilines is 2. The summed E-state index contributed by atoms with van der Waals surface area (Å²) in [4.78, 5) is 14.1. The highest BCUT2D eigenvalue weighted by Gasteiger charge is 2.22. The molecule has 2 aromatic rings. The number of fused-ring (bicyclic) bond motifs is 1. The summed E-state index contributed by atoms with van der Waals surface area (Å²) in [6.45, 7) is 5.99. The van der Waals surface area contributed by atoms with Gasteiger partial charge in [0.2, 0.25) is 5.95 Å². The number of aromatic nitrogens is 2. The van der Waals surface area contributed by atoms with Gasteiger partial charge < -0.3 is 28.7 Å². The number of benzene rings is 1. The maximum absolute atomic E-state index is 5.50. The van der Waals surface area contributed by atoms with Crippen molar-refractivity contribution in [2.45, 2.75) is 0 Å². The Labute approximate surface area is 152 Å². The molecule has 2 fully saturated rings. The van der Waals surface area contributed by atoms with Gasteiger partial charge in [-0.1, -0.05) is 0 Å². The summed E-state index contributed by atoms with van der Waals surface area (Å²) in [5, 5.41) is 0.960. The van der Waals surface area contributed by atoms with Crippen molar-refractivity contribution >= 4 is 22.7 Å². The third-order valence-electron chi connectivity index (χ3n) is 4.77. The molecule has 2 aliphatic rings. The lowest BCUT2D eigenvalue weighted by Crippen LogP contribution is -2.39. The molecule has 0 spiro atoms. The van der Waals surface area contributed by atoms with Gasteiger partial charge in [-0.15, -0.1) is 0 Å². The van der Waals surface area contributed by atoms with E-state index in [9.17, 15) is 0 Å². The number of ether oxygens (including phenoxy) is 4. The summed E-state index contributed by atoms with van der Waals surface area (Å²) in [5.41, 5.74) is 0.848. The summed E-state index contributed by atoms with van der Waals surface area (Å²) in [5.74, 6) is 2.99. The van der Waals surface area contributed by atoms with Crippen molar-refractivity contribution in [3.05, 3.63) is 12.1 Å². The van der Waals surface area contributed by atoms with Crippen LogP contribution in [0.15, 0.2) is 12.1 Å². The molecule has 26 heavy (non-hydrogen) atoms. The highest BCUT2D eigenvalue weighted by atomic mass is 16.5. The number of hydrogen-bond donors (Lipinski definition) is 0. The minimum absolute atomic E-state index is 0.666. The van der Waals surface area contributed by atoms with E-state index in [2.05, 4.69) is 9.80 Å². The summed E-state index contributed by atoms with van der Waals surface area (Å²) < 4.78 is 21.9. The number of rotatable bonds is 4. The van der Waals surface area contributed by atoms with Gasteiger partial charge in [0.15, 0.2) is 11.5 Å². The third-order valence-corrected chi connectivity index (χ3v) is 4.77. The first kappa shape index (κ1) is 17.1. The second-order valence-electron chi connectivity index (χ2n) is 6.27. The molecule has 1 aromatic heterocycles. The molecule has 8 nitrogen and oxygen atoms in total. The first-order valence-corrected chi connectivity index (χ1v) is 8.89. The molecule has 0 radical (unpaired) electrons. The van der Waals surface area contributed by atoms with Gasteiger partial charge in [-0.25, -0.2) is 4.98 Å². The van der Waals surface area contributed by atoms with E-state index in [1.807, 2.05) is 12.1 Å². The standard InChI is InChI=1S/C18H24N4O4/c1-23-15-11-13-14(12-16(15)24-2)19-18(22-5-9-26-10-6-22)20-17(13)21-3-7-25-8-4-21/h11-12H,3-10H2,1-2H3. The van der Waals surface area contributed by atoms with Gasteiger partial charge >= 0.3 is 0 Å². The van der Waals surface area contributed by atoms with Gasteiger partial charge in [0.25, 0.3) is 0 Å². The zero-order valence-corrected chi connectivity index (χ0v) is 15.2. The second kappa shape index (κ2) is 7.51. The lowest BCUT2D eigenvalue weighted by atomic mass is 10.2. The van der Waals surface area contributed by atoms with Crippen LogP contribution >= 0.6 is 0 Å². The Morgan fingerprint density at radius 1 is 0.808 bits per heavy atom. The van der Waals surface area contributed by atoms with E-state index in [4.69, 9.17) is 28.9 Å². The lowest BCUT2D eigenvalue weighted by molar-refractivity contribution is 0.121. The quantitative estimate of drug-likeness (QED) is 0.809. The molecule has 0 N–H and O–H groups in total. The molecule has 2 aliphatic heterocycles. The van der Waals surface area contributed by atoms with Crippen molar-refractivity contribution in [2.75, 3.05) is 76.6 Å². The molecule has 8 heteroatoms. The van der Waals surface area contributed by atoms with Gasteiger partial charge in [0, 0.05) is 37.6 Å². The Balaban J connectivity index is 1.85. The SMILES string of the molecule is COc1cc2nc(N3CCOCC3)nc(N3CCOCC3)c2cc1OC. The van der Waals surface area contributed by atoms with Crippen LogP contribution in [0.25, 0.3) is 10.9 Å². The Hall–Kier alpha value is -2.32. The van der Waals surface area contributed by atoms with Crippen LogP contribution in [0.3, 0.4) is 0 Å². The summed E-state index contributed by atoms with van der Waals surface area (Å²) in [6, 6.07) is 3.88. The van der Waals surface area contributed by atoms with Crippen LogP contribution in [-0.4, -0.2) is 76.8 Å². The molecular formula is C18H24N4O4. The fourth-order valence-electron chi connectivity index (χ4n) is 3.35. The van der Waals surface area contributed by atoms with Crippen LogP contribution in [0.2, 0.25) is 0 Å². The van der Waals surface area contributed by atoms with Crippen molar-refractivity contribution in [3.63, 3.8) is 0 Å². The molecule has 0 atom stereocenters. The third kappa shape index (κ3) is 3.22. The molecule has 1 aromatic carbocycles. The van der Waals surface area contributed by atoms with Crippen molar-refractivity contribution < 1.29 is 18.9 Å². The highest BCUT2D eigenvalue weighted by Crippen LogP contribution is 2.36. The molecule has 0 saturated carbocycles. The smallest absolute Gasteiger partial charge is 0.228 e. The topological polar surface area (TPSA) is 69.2 Å².